The molecule has 0 amide bonds. The van der Waals surface area contributed by atoms with Crippen LogP contribution in [0.3, 0.4) is 0 Å². The minimum absolute atomic E-state index is 0. The molecule has 3 N–H and O–H groups in total. The molecule has 0 radical (unpaired) electrons. The second-order valence-electron chi connectivity index (χ2n) is 4.70. The average Bonchev–Trinajstić information content (AvgIpc) is 2.25. The van der Waals surface area contributed by atoms with E-state index in [2.05, 4.69) is 4.72 Å². The lowest BCUT2D eigenvalue weighted by Gasteiger charge is -2.25. The number of nitrogens with one attached hydrogen (secondary N) is 1. The summed E-state index contributed by atoms with van der Waals surface area (Å²) in [6.07, 6.45) is 0. The SMILES string of the molecule is COCCN(CCOC)S(=O)(=O)NCC(C)(C)N.Cl. The second-order valence-corrected chi connectivity index (χ2v) is 6.45. The largest absolute Gasteiger partial charge is 0.383 e. The van der Waals surface area contributed by atoms with Gasteiger partial charge in [-0.15, -0.1) is 12.4 Å². The molecule has 0 aliphatic rings. The monoisotopic (exact) mass is 319 g/mol. The fraction of sp³-hybridized carbons (Fsp3) is 1.00. The first-order chi connectivity index (χ1) is 8.23. The van der Waals surface area contributed by atoms with E-state index in [1.54, 1.807) is 13.8 Å². The van der Waals surface area contributed by atoms with Gasteiger partial charge < -0.3 is 15.2 Å². The normalized spacial score (nSPS) is 12.5. The van der Waals surface area contributed by atoms with Gasteiger partial charge in [0.15, 0.2) is 0 Å². The van der Waals surface area contributed by atoms with Crippen LogP contribution < -0.4 is 10.5 Å². The van der Waals surface area contributed by atoms with Crippen LogP contribution in [0.1, 0.15) is 13.8 Å². The number of nitrogens with zero attached hydrogens (tertiary/aromatic N) is 1. The Kier molecular flexibility index (Phi) is 11.1. The van der Waals surface area contributed by atoms with Gasteiger partial charge in [0.25, 0.3) is 10.2 Å². The van der Waals surface area contributed by atoms with E-state index in [0.29, 0.717) is 13.2 Å². The van der Waals surface area contributed by atoms with Crippen molar-refractivity contribution >= 4 is 22.6 Å². The van der Waals surface area contributed by atoms with Gasteiger partial charge >= 0.3 is 0 Å². The fourth-order valence-corrected chi connectivity index (χ4v) is 2.47. The van der Waals surface area contributed by atoms with Crippen molar-refractivity contribution in [2.45, 2.75) is 19.4 Å². The van der Waals surface area contributed by atoms with Gasteiger partial charge in [0.1, 0.15) is 0 Å². The van der Waals surface area contributed by atoms with Gasteiger partial charge in [0, 0.05) is 39.4 Å². The molecule has 0 aromatic rings. The highest BCUT2D eigenvalue weighted by atomic mass is 35.5. The number of hydrogen-bond donors (Lipinski definition) is 2. The lowest BCUT2D eigenvalue weighted by Crippen LogP contribution is -2.50. The van der Waals surface area contributed by atoms with Crippen LogP contribution in [0.4, 0.5) is 0 Å². The molecule has 0 fully saturated rings. The zero-order valence-corrected chi connectivity index (χ0v) is 13.6. The Balaban J connectivity index is 0. The first-order valence-electron chi connectivity index (χ1n) is 5.74. The summed E-state index contributed by atoms with van der Waals surface area (Å²) in [6.45, 7) is 4.90. The molecule has 0 aliphatic heterocycles. The summed E-state index contributed by atoms with van der Waals surface area (Å²) in [5.41, 5.74) is 5.15. The highest BCUT2D eigenvalue weighted by molar-refractivity contribution is 7.87. The summed E-state index contributed by atoms with van der Waals surface area (Å²) in [7, 11) is -0.506. The maximum atomic E-state index is 12.0. The predicted molar refractivity (Wildman–Crippen MR) is 77.8 cm³/mol. The van der Waals surface area contributed by atoms with Crippen molar-refractivity contribution in [3.63, 3.8) is 0 Å². The van der Waals surface area contributed by atoms with E-state index in [1.807, 2.05) is 0 Å². The molecule has 0 bridgehead atoms. The third kappa shape index (κ3) is 10.5. The molecular formula is C10H26ClN3O4S. The quantitative estimate of drug-likeness (QED) is 0.570. The third-order valence-corrected chi connectivity index (χ3v) is 3.69. The Morgan fingerprint density at radius 2 is 1.58 bits per heavy atom. The standard InChI is InChI=1S/C10H25N3O4S.ClH/c1-10(2,11)9-12-18(14,15)13(5-7-16-3)6-8-17-4;/h12H,5-9,11H2,1-4H3;1H. The van der Waals surface area contributed by atoms with E-state index < -0.39 is 15.7 Å². The molecule has 0 rings (SSSR count). The number of ether oxygens (including phenoxy) is 2. The summed E-state index contributed by atoms with van der Waals surface area (Å²) in [5, 5.41) is 0. The summed E-state index contributed by atoms with van der Waals surface area (Å²) >= 11 is 0. The van der Waals surface area contributed by atoms with Crippen molar-refractivity contribution in [2.24, 2.45) is 5.73 Å². The van der Waals surface area contributed by atoms with E-state index in [-0.39, 0.29) is 32.0 Å². The molecule has 0 unspecified atom stereocenters. The van der Waals surface area contributed by atoms with Gasteiger partial charge in [0.2, 0.25) is 0 Å². The van der Waals surface area contributed by atoms with E-state index in [1.165, 1.54) is 18.5 Å². The maximum absolute atomic E-state index is 12.0. The molecule has 118 valence electrons. The number of methoxy groups -OCH3 is 2. The van der Waals surface area contributed by atoms with Gasteiger partial charge in [-0.2, -0.15) is 12.7 Å². The van der Waals surface area contributed by atoms with E-state index >= 15 is 0 Å². The van der Waals surface area contributed by atoms with Crippen molar-refractivity contribution < 1.29 is 17.9 Å². The number of nitrogens with two attached hydrogens (primary N) is 1. The predicted octanol–water partition coefficient (Wildman–Crippen LogP) is -0.425. The first kappa shape index (κ1) is 21.3. The molecule has 0 atom stereocenters. The second kappa shape index (κ2) is 9.87. The van der Waals surface area contributed by atoms with Crippen LogP contribution in [0.25, 0.3) is 0 Å². The van der Waals surface area contributed by atoms with E-state index in [4.69, 9.17) is 15.2 Å². The summed E-state index contributed by atoms with van der Waals surface area (Å²) in [4.78, 5) is 0. The lowest BCUT2D eigenvalue weighted by molar-refractivity contribution is 0.149. The van der Waals surface area contributed by atoms with Gasteiger partial charge in [-0.3, -0.25) is 0 Å². The smallest absolute Gasteiger partial charge is 0.279 e. The first-order valence-corrected chi connectivity index (χ1v) is 7.18. The van der Waals surface area contributed by atoms with Crippen LogP contribution >= 0.6 is 12.4 Å². The molecule has 0 aliphatic carbocycles. The van der Waals surface area contributed by atoms with Crippen LogP contribution in [0.2, 0.25) is 0 Å². The maximum Gasteiger partial charge on any atom is 0.279 e. The topological polar surface area (TPSA) is 93.9 Å². The molecule has 0 saturated carbocycles. The number of halogens is 1. The average molecular weight is 320 g/mol. The van der Waals surface area contributed by atoms with Crippen molar-refractivity contribution in [3.8, 4) is 0 Å². The van der Waals surface area contributed by atoms with Crippen molar-refractivity contribution in [2.75, 3.05) is 47.1 Å². The highest BCUT2D eigenvalue weighted by Crippen LogP contribution is 2.01. The molecule has 0 spiro atoms. The van der Waals surface area contributed by atoms with Crippen molar-refractivity contribution in [3.05, 3.63) is 0 Å². The molecule has 19 heavy (non-hydrogen) atoms. The molecule has 0 aromatic heterocycles. The van der Waals surface area contributed by atoms with Gasteiger partial charge in [-0.1, -0.05) is 0 Å². The van der Waals surface area contributed by atoms with Gasteiger partial charge in [-0.05, 0) is 13.8 Å². The Hall–Kier alpha value is 0.0400. The van der Waals surface area contributed by atoms with Crippen molar-refractivity contribution in [1.29, 1.82) is 0 Å². The zero-order valence-electron chi connectivity index (χ0n) is 12.0. The highest BCUT2D eigenvalue weighted by Gasteiger charge is 2.23. The van der Waals surface area contributed by atoms with E-state index in [0.717, 1.165) is 0 Å². The minimum atomic E-state index is -3.56. The molecule has 0 saturated heterocycles. The third-order valence-electron chi connectivity index (χ3n) is 2.14. The lowest BCUT2D eigenvalue weighted by atomic mass is 10.1. The molecular weight excluding hydrogens is 294 g/mol. The number of hydrogen-bond acceptors (Lipinski definition) is 5. The summed E-state index contributed by atoms with van der Waals surface area (Å²) in [6, 6.07) is 0. The van der Waals surface area contributed by atoms with Crippen LogP contribution in [0.15, 0.2) is 0 Å². The number of rotatable bonds is 10. The summed E-state index contributed by atoms with van der Waals surface area (Å²) in [5.74, 6) is 0. The Bertz CT molecular complexity index is 311. The van der Waals surface area contributed by atoms with Gasteiger partial charge in [0.05, 0.1) is 13.2 Å². The zero-order chi connectivity index (χ0) is 14.2. The minimum Gasteiger partial charge on any atom is -0.383 e. The van der Waals surface area contributed by atoms with Crippen molar-refractivity contribution in [1.82, 2.24) is 9.03 Å². The Morgan fingerprint density at radius 1 is 1.16 bits per heavy atom. The van der Waals surface area contributed by atoms with E-state index in [9.17, 15) is 8.42 Å². The Labute approximate surface area is 122 Å². The van der Waals surface area contributed by atoms with Crippen LogP contribution in [0.5, 0.6) is 0 Å². The molecule has 9 heteroatoms. The van der Waals surface area contributed by atoms with Gasteiger partial charge in [-0.25, -0.2) is 4.72 Å². The Morgan fingerprint density at radius 3 is 1.89 bits per heavy atom. The van der Waals surface area contributed by atoms with Crippen LogP contribution in [-0.4, -0.2) is 65.3 Å². The van der Waals surface area contributed by atoms with Crippen LogP contribution in [-0.2, 0) is 19.7 Å². The fourth-order valence-electron chi connectivity index (χ4n) is 1.11. The molecule has 7 nitrogen and oxygen atoms in total. The van der Waals surface area contributed by atoms with Crippen LogP contribution in [0, 0.1) is 0 Å². The summed E-state index contributed by atoms with van der Waals surface area (Å²) < 4.78 is 37.6. The molecule has 0 aromatic carbocycles. The molecule has 0 heterocycles.